The third-order valence-corrected chi connectivity index (χ3v) is 7.08. The molecule has 1 aromatic heterocycles. The Labute approximate surface area is 171 Å². The fourth-order valence-electron chi connectivity index (χ4n) is 5.78. The summed E-state index contributed by atoms with van der Waals surface area (Å²) >= 11 is 0. The third-order valence-electron chi connectivity index (χ3n) is 7.08. The first-order chi connectivity index (χ1) is 14.2. The molecule has 1 aromatic rings. The van der Waals surface area contributed by atoms with Crippen molar-refractivity contribution in [3.63, 3.8) is 0 Å². The predicted octanol–water partition coefficient (Wildman–Crippen LogP) is 0.978. The van der Waals surface area contributed by atoms with Gasteiger partial charge in [-0.05, 0) is 43.9 Å². The number of aromatic nitrogens is 2. The van der Waals surface area contributed by atoms with Gasteiger partial charge in [0.2, 0.25) is 11.8 Å². The van der Waals surface area contributed by atoms with Gasteiger partial charge in [-0.3, -0.25) is 14.6 Å². The molecule has 2 bridgehead atoms. The smallest absolute Gasteiger partial charge is 0.249 e. The number of hydrogen-bond donors (Lipinski definition) is 1. The number of fused-ring (bicyclic) bond motifs is 4. The van der Waals surface area contributed by atoms with Crippen molar-refractivity contribution in [3.05, 3.63) is 18.6 Å². The van der Waals surface area contributed by atoms with Crippen molar-refractivity contribution in [3.8, 4) is 0 Å². The fraction of sp³-hybridized carbons (Fsp3) is 0.714. The van der Waals surface area contributed by atoms with Gasteiger partial charge in [0.05, 0.1) is 12.2 Å². The summed E-state index contributed by atoms with van der Waals surface area (Å²) in [5, 5.41) is 3.10. The zero-order valence-corrected chi connectivity index (χ0v) is 16.7. The molecule has 5 atom stereocenters. The van der Waals surface area contributed by atoms with E-state index in [1.807, 2.05) is 6.20 Å². The Balaban J connectivity index is 1.35. The molecule has 0 aliphatic carbocycles. The zero-order valence-electron chi connectivity index (χ0n) is 16.7. The van der Waals surface area contributed by atoms with Gasteiger partial charge < -0.3 is 19.9 Å². The van der Waals surface area contributed by atoms with E-state index in [0.29, 0.717) is 31.4 Å². The minimum atomic E-state index is -0.332. The summed E-state index contributed by atoms with van der Waals surface area (Å²) in [6.45, 7) is 2.92. The monoisotopic (exact) mass is 399 g/mol. The second kappa shape index (κ2) is 7.89. The van der Waals surface area contributed by atoms with Crippen LogP contribution in [0, 0.1) is 11.8 Å². The molecule has 8 nitrogen and oxygen atoms in total. The van der Waals surface area contributed by atoms with E-state index >= 15 is 0 Å². The van der Waals surface area contributed by atoms with Gasteiger partial charge in [0.25, 0.3) is 0 Å². The van der Waals surface area contributed by atoms with Crippen LogP contribution < -0.4 is 10.2 Å². The molecule has 0 spiro atoms. The summed E-state index contributed by atoms with van der Waals surface area (Å²) in [5.41, 5.74) is 0. The quantitative estimate of drug-likeness (QED) is 0.812. The highest BCUT2D eigenvalue weighted by molar-refractivity contribution is 5.81. The van der Waals surface area contributed by atoms with Crippen LogP contribution in [0.5, 0.6) is 0 Å². The number of carbonyl (C=O) groups excluding carboxylic acids is 2. The molecule has 0 saturated carbocycles. The van der Waals surface area contributed by atoms with Crippen LogP contribution in [0.4, 0.5) is 5.82 Å². The molecular formula is C21H29N5O3. The second-order valence-electron chi connectivity index (χ2n) is 8.80. The molecule has 0 unspecified atom stereocenters. The van der Waals surface area contributed by atoms with E-state index < -0.39 is 0 Å². The van der Waals surface area contributed by atoms with Gasteiger partial charge in [-0.15, -0.1) is 0 Å². The lowest BCUT2D eigenvalue weighted by atomic mass is 9.72. The molecule has 5 rings (SSSR count). The highest BCUT2D eigenvalue weighted by Crippen LogP contribution is 2.42. The third kappa shape index (κ3) is 3.58. The summed E-state index contributed by atoms with van der Waals surface area (Å²) in [6, 6.07) is 0.297. The van der Waals surface area contributed by atoms with Gasteiger partial charge in [0, 0.05) is 51.1 Å². The van der Waals surface area contributed by atoms with Crippen LogP contribution in [0.25, 0.3) is 0 Å². The van der Waals surface area contributed by atoms with Crippen LogP contribution in [-0.4, -0.2) is 71.1 Å². The normalized spacial score (nSPS) is 34.1. The lowest BCUT2D eigenvalue weighted by Gasteiger charge is -2.56. The van der Waals surface area contributed by atoms with Crippen LogP contribution in [0.15, 0.2) is 18.6 Å². The van der Waals surface area contributed by atoms with Gasteiger partial charge in [0.1, 0.15) is 11.9 Å². The standard InChI is InChI=1S/C21H29N5O3/c27-20-5-1-3-16-14-9-15(13-25(12-14)19-11-22-6-7-23-19)17(26(16)20)10-24-21(28)18-4-2-8-29-18/h6-7,11,14-18H,1-5,8-10,12-13H2,(H,24,28)/t14-,15+,16+,17+,18-/m1/s1. The molecule has 8 heteroatoms. The highest BCUT2D eigenvalue weighted by Gasteiger charge is 2.49. The molecule has 5 heterocycles. The minimum Gasteiger partial charge on any atom is -0.368 e. The maximum atomic E-state index is 12.9. The first-order valence-electron chi connectivity index (χ1n) is 10.9. The number of nitrogens with one attached hydrogen (secondary N) is 1. The number of ether oxygens (including phenoxy) is 1. The Morgan fingerprint density at radius 3 is 2.90 bits per heavy atom. The summed E-state index contributed by atoms with van der Waals surface area (Å²) in [5.74, 6) is 1.89. The van der Waals surface area contributed by atoms with Gasteiger partial charge in [-0.25, -0.2) is 4.98 Å². The molecule has 2 amide bonds. The number of amides is 2. The lowest BCUT2D eigenvalue weighted by molar-refractivity contribution is -0.149. The Morgan fingerprint density at radius 1 is 1.21 bits per heavy atom. The van der Waals surface area contributed by atoms with E-state index in [-0.39, 0.29) is 30.0 Å². The highest BCUT2D eigenvalue weighted by atomic mass is 16.5. The Kier molecular flexibility index (Phi) is 5.11. The molecule has 29 heavy (non-hydrogen) atoms. The summed E-state index contributed by atoms with van der Waals surface area (Å²) in [4.78, 5) is 38.6. The van der Waals surface area contributed by atoms with Crippen LogP contribution >= 0.6 is 0 Å². The van der Waals surface area contributed by atoms with Crippen LogP contribution in [0.2, 0.25) is 0 Å². The molecular weight excluding hydrogens is 370 g/mol. The predicted molar refractivity (Wildman–Crippen MR) is 106 cm³/mol. The van der Waals surface area contributed by atoms with E-state index in [1.165, 1.54) is 0 Å². The first-order valence-corrected chi connectivity index (χ1v) is 10.9. The van der Waals surface area contributed by atoms with Crippen molar-refractivity contribution in [1.29, 1.82) is 0 Å². The van der Waals surface area contributed by atoms with Crippen molar-refractivity contribution in [2.24, 2.45) is 11.8 Å². The number of nitrogens with zero attached hydrogens (tertiary/aromatic N) is 4. The zero-order chi connectivity index (χ0) is 19.8. The molecule has 0 radical (unpaired) electrons. The molecule has 1 N–H and O–H groups in total. The maximum Gasteiger partial charge on any atom is 0.249 e. The molecule has 0 aromatic carbocycles. The van der Waals surface area contributed by atoms with E-state index in [2.05, 4.69) is 25.1 Å². The topological polar surface area (TPSA) is 87.7 Å². The van der Waals surface area contributed by atoms with Gasteiger partial charge >= 0.3 is 0 Å². The lowest BCUT2D eigenvalue weighted by Crippen LogP contribution is -2.67. The van der Waals surface area contributed by atoms with Gasteiger partial charge in [-0.2, -0.15) is 0 Å². The van der Waals surface area contributed by atoms with Crippen LogP contribution in [-0.2, 0) is 14.3 Å². The minimum absolute atomic E-state index is 0.0350. The average Bonchev–Trinajstić information content (AvgIpc) is 3.29. The van der Waals surface area contributed by atoms with Crippen molar-refractivity contribution in [2.45, 2.75) is 56.7 Å². The Hall–Kier alpha value is -2.22. The number of rotatable bonds is 4. The van der Waals surface area contributed by atoms with Gasteiger partial charge in [-0.1, -0.05) is 0 Å². The number of anilines is 1. The Morgan fingerprint density at radius 2 is 2.10 bits per heavy atom. The van der Waals surface area contributed by atoms with E-state index in [0.717, 1.165) is 51.0 Å². The van der Waals surface area contributed by atoms with Gasteiger partial charge in [0.15, 0.2) is 0 Å². The summed E-state index contributed by atoms with van der Waals surface area (Å²) in [6.07, 6.45) is 10.4. The average molecular weight is 399 g/mol. The second-order valence-corrected chi connectivity index (χ2v) is 8.80. The molecule has 4 saturated heterocycles. The summed E-state index contributed by atoms with van der Waals surface area (Å²) in [7, 11) is 0. The molecule has 4 aliphatic heterocycles. The van der Waals surface area contributed by atoms with Crippen LogP contribution in [0.1, 0.15) is 38.5 Å². The Bertz CT molecular complexity index is 754. The van der Waals surface area contributed by atoms with Crippen molar-refractivity contribution in [2.75, 3.05) is 31.1 Å². The van der Waals surface area contributed by atoms with E-state index in [4.69, 9.17) is 4.74 Å². The first kappa shape index (κ1) is 18.8. The van der Waals surface area contributed by atoms with E-state index in [9.17, 15) is 9.59 Å². The SMILES string of the molecule is O=C(NC[C@H]1[C@H]2C[C@H](CN(c3cnccn3)C2)[C@@H]2CCCC(=O)N21)[C@H]1CCCO1. The van der Waals surface area contributed by atoms with Crippen molar-refractivity contribution < 1.29 is 14.3 Å². The van der Waals surface area contributed by atoms with Crippen molar-refractivity contribution >= 4 is 17.6 Å². The fourth-order valence-corrected chi connectivity index (χ4v) is 5.78. The number of hydrogen-bond acceptors (Lipinski definition) is 6. The summed E-state index contributed by atoms with van der Waals surface area (Å²) < 4.78 is 5.52. The van der Waals surface area contributed by atoms with Crippen molar-refractivity contribution in [1.82, 2.24) is 20.2 Å². The van der Waals surface area contributed by atoms with E-state index in [1.54, 1.807) is 12.4 Å². The number of carbonyl (C=O) groups is 2. The van der Waals surface area contributed by atoms with Crippen LogP contribution in [0.3, 0.4) is 0 Å². The molecule has 4 aliphatic rings. The molecule has 4 fully saturated rings. The number of piperidine rings is 3. The molecule has 156 valence electrons. The maximum absolute atomic E-state index is 12.9. The largest absolute Gasteiger partial charge is 0.368 e.